The maximum absolute atomic E-state index is 12.4. The van der Waals surface area contributed by atoms with Gasteiger partial charge in [0.1, 0.15) is 22.5 Å². The largest absolute Gasteiger partial charge is 0.463 e. The SMILES string of the molecule is Cc1ccc(CCC(=O)NCCOC(=O)C(C)SCc2nc3sc(C)c(C)c3c(=O)[nH]2)cc1. The number of thioether (sulfide) groups is 1. The molecule has 176 valence electrons. The summed E-state index contributed by atoms with van der Waals surface area (Å²) in [6, 6.07) is 8.11. The van der Waals surface area contributed by atoms with E-state index in [0.717, 1.165) is 20.8 Å². The third kappa shape index (κ3) is 6.91. The van der Waals surface area contributed by atoms with E-state index in [9.17, 15) is 14.4 Å². The van der Waals surface area contributed by atoms with Crippen LogP contribution < -0.4 is 10.9 Å². The van der Waals surface area contributed by atoms with Gasteiger partial charge in [-0.3, -0.25) is 14.4 Å². The number of ether oxygens (including phenoxy) is 1. The van der Waals surface area contributed by atoms with Gasteiger partial charge in [-0.25, -0.2) is 4.98 Å². The summed E-state index contributed by atoms with van der Waals surface area (Å²) in [5, 5.41) is 2.99. The van der Waals surface area contributed by atoms with E-state index in [-0.39, 0.29) is 30.6 Å². The average molecular weight is 488 g/mol. The van der Waals surface area contributed by atoms with Crippen LogP contribution in [-0.2, 0) is 26.5 Å². The number of aromatic amines is 1. The van der Waals surface area contributed by atoms with E-state index in [2.05, 4.69) is 15.3 Å². The lowest BCUT2D eigenvalue weighted by molar-refractivity contribution is -0.142. The molecule has 0 aliphatic heterocycles. The Balaban J connectivity index is 1.36. The molecule has 0 spiro atoms. The molecule has 0 aliphatic carbocycles. The number of H-pyrrole nitrogens is 1. The van der Waals surface area contributed by atoms with Crippen molar-refractivity contribution in [2.45, 2.75) is 51.5 Å². The molecule has 1 unspecified atom stereocenters. The summed E-state index contributed by atoms with van der Waals surface area (Å²) in [6.07, 6.45) is 1.06. The van der Waals surface area contributed by atoms with Gasteiger partial charge < -0.3 is 15.0 Å². The molecular formula is C24H29N3O4S2. The van der Waals surface area contributed by atoms with Gasteiger partial charge in [0.25, 0.3) is 5.56 Å². The quantitative estimate of drug-likeness (QED) is 0.333. The Labute approximate surface area is 201 Å². The number of rotatable bonds is 10. The Kier molecular flexibility index (Phi) is 8.68. The Morgan fingerprint density at radius 3 is 2.67 bits per heavy atom. The number of carbonyl (C=O) groups excluding carboxylic acids is 2. The van der Waals surface area contributed by atoms with Crippen LogP contribution >= 0.6 is 23.1 Å². The van der Waals surface area contributed by atoms with Gasteiger partial charge in [0, 0.05) is 11.3 Å². The summed E-state index contributed by atoms with van der Waals surface area (Å²) in [5.41, 5.74) is 3.12. The smallest absolute Gasteiger partial charge is 0.318 e. The molecule has 3 rings (SSSR count). The molecule has 3 aromatic rings. The van der Waals surface area contributed by atoms with Crippen molar-refractivity contribution in [1.82, 2.24) is 15.3 Å². The van der Waals surface area contributed by atoms with Gasteiger partial charge in [-0.05, 0) is 45.2 Å². The molecule has 2 aromatic heterocycles. The first-order valence-electron chi connectivity index (χ1n) is 10.8. The topological polar surface area (TPSA) is 101 Å². The molecule has 0 aliphatic rings. The van der Waals surface area contributed by atoms with Crippen LogP contribution in [0.15, 0.2) is 29.1 Å². The normalized spacial score (nSPS) is 12.0. The van der Waals surface area contributed by atoms with E-state index in [1.54, 1.807) is 6.92 Å². The highest BCUT2D eigenvalue weighted by molar-refractivity contribution is 7.99. The third-order valence-electron chi connectivity index (χ3n) is 5.32. The van der Waals surface area contributed by atoms with Crippen LogP contribution in [0.4, 0.5) is 0 Å². The van der Waals surface area contributed by atoms with Crippen molar-refractivity contribution < 1.29 is 14.3 Å². The second-order valence-corrected chi connectivity index (χ2v) is 10.5. The number of aryl methyl sites for hydroxylation is 4. The van der Waals surface area contributed by atoms with Gasteiger partial charge in [-0.15, -0.1) is 23.1 Å². The predicted octanol–water partition coefficient (Wildman–Crippen LogP) is 3.82. The highest BCUT2D eigenvalue weighted by Gasteiger charge is 2.17. The van der Waals surface area contributed by atoms with E-state index in [1.807, 2.05) is 45.0 Å². The molecule has 9 heteroatoms. The summed E-state index contributed by atoms with van der Waals surface area (Å²) in [6.45, 7) is 8.07. The molecule has 2 N–H and O–H groups in total. The molecule has 0 saturated heterocycles. The van der Waals surface area contributed by atoms with E-state index in [1.165, 1.54) is 28.7 Å². The van der Waals surface area contributed by atoms with Gasteiger partial charge in [0.15, 0.2) is 0 Å². The molecule has 33 heavy (non-hydrogen) atoms. The Hall–Kier alpha value is -2.65. The first-order valence-corrected chi connectivity index (χ1v) is 12.7. The van der Waals surface area contributed by atoms with Gasteiger partial charge in [0.05, 0.1) is 17.7 Å². The predicted molar refractivity (Wildman–Crippen MR) is 134 cm³/mol. The summed E-state index contributed by atoms with van der Waals surface area (Å²) in [7, 11) is 0. The van der Waals surface area contributed by atoms with Crippen molar-refractivity contribution in [3.8, 4) is 0 Å². The molecule has 0 radical (unpaired) electrons. The number of nitrogens with one attached hydrogen (secondary N) is 2. The molecule has 0 bridgehead atoms. The Morgan fingerprint density at radius 2 is 1.94 bits per heavy atom. The van der Waals surface area contributed by atoms with Crippen molar-refractivity contribution >= 4 is 45.2 Å². The van der Waals surface area contributed by atoms with Gasteiger partial charge >= 0.3 is 5.97 Å². The maximum Gasteiger partial charge on any atom is 0.318 e. The van der Waals surface area contributed by atoms with E-state index in [4.69, 9.17) is 4.74 Å². The number of benzene rings is 1. The van der Waals surface area contributed by atoms with Crippen LogP contribution in [0.2, 0.25) is 0 Å². The Bertz CT molecular complexity index is 1180. The first kappa shape index (κ1) is 25.0. The van der Waals surface area contributed by atoms with Crippen LogP contribution in [0.5, 0.6) is 0 Å². The number of carbonyl (C=O) groups is 2. The molecule has 2 heterocycles. The lowest BCUT2D eigenvalue weighted by Crippen LogP contribution is -2.29. The number of hydrogen-bond donors (Lipinski definition) is 2. The zero-order chi connectivity index (χ0) is 24.0. The fourth-order valence-corrected chi connectivity index (χ4v) is 5.00. The van der Waals surface area contributed by atoms with Gasteiger partial charge in [0.2, 0.25) is 5.91 Å². The van der Waals surface area contributed by atoms with Gasteiger partial charge in [-0.1, -0.05) is 29.8 Å². The zero-order valence-corrected chi connectivity index (χ0v) is 21.0. The summed E-state index contributed by atoms with van der Waals surface area (Å²) < 4.78 is 5.27. The van der Waals surface area contributed by atoms with E-state index < -0.39 is 5.25 Å². The molecule has 0 fully saturated rings. The second kappa shape index (κ2) is 11.5. The number of esters is 1. The molecule has 1 atom stereocenters. The van der Waals surface area contributed by atoms with Crippen molar-refractivity contribution in [1.29, 1.82) is 0 Å². The summed E-state index contributed by atoms with van der Waals surface area (Å²) in [5.74, 6) is 0.505. The molecule has 0 saturated carbocycles. The Morgan fingerprint density at radius 1 is 1.21 bits per heavy atom. The summed E-state index contributed by atoms with van der Waals surface area (Å²) in [4.78, 5) is 45.7. The standard InChI is InChI=1S/C24H29N3O4S2/c1-14-5-7-18(8-6-14)9-10-20(28)25-11-12-31-24(30)17(4)32-13-19-26-22(29)21-15(2)16(3)33-23(21)27-19/h5-8,17H,9-13H2,1-4H3,(H,25,28)(H,26,27,29). The molecule has 1 amide bonds. The monoisotopic (exact) mass is 487 g/mol. The highest BCUT2D eigenvalue weighted by atomic mass is 32.2. The molecular weight excluding hydrogens is 458 g/mol. The van der Waals surface area contributed by atoms with Crippen molar-refractivity contribution in [3.05, 3.63) is 62.0 Å². The van der Waals surface area contributed by atoms with Crippen LogP contribution in [-0.4, -0.2) is 40.2 Å². The van der Waals surface area contributed by atoms with E-state index in [0.29, 0.717) is 29.8 Å². The number of thiophene rings is 1. The minimum atomic E-state index is -0.421. The van der Waals surface area contributed by atoms with Crippen molar-refractivity contribution in [2.24, 2.45) is 0 Å². The van der Waals surface area contributed by atoms with E-state index >= 15 is 0 Å². The number of hydrogen-bond acceptors (Lipinski definition) is 7. The number of aromatic nitrogens is 2. The minimum absolute atomic E-state index is 0.0708. The second-order valence-electron chi connectivity index (χ2n) is 7.93. The third-order valence-corrected chi connectivity index (χ3v) is 7.55. The molecule has 7 nitrogen and oxygen atoms in total. The number of fused-ring (bicyclic) bond motifs is 1. The maximum atomic E-state index is 12.4. The van der Waals surface area contributed by atoms with Crippen LogP contribution in [0, 0.1) is 20.8 Å². The average Bonchev–Trinajstić information content (AvgIpc) is 3.08. The highest BCUT2D eigenvalue weighted by Crippen LogP contribution is 2.26. The lowest BCUT2D eigenvalue weighted by Gasteiger charge is -2.11. The minimum Gasteiger partial charge on any atom is -0.463 e. The van der Waals surface area contributed by atoms with Crippen LogP contribution in [0.25, 0.3) is 10.2 Å². The fourth-order valence-electron chi connectivity index (χ4n) is 3.20. The zero-order valence-electron chi connectivity index (χ0n) is 19.3. The van der Waals surface area contributed by atoms with Crippen molar-refractivity contribution in [3.63, 3.8) is 0 Å². The summed E-state index contributed by atoms with van der Waals surface area (Å²) >= 11 is 2.85. The lowest BCUT2D eigenvalue weighted by atomic mass is 10.1. The molecule has 1 aromatic carbocycles. The number of nitrogens with zero attached hydrogens (tertiary/aromatic N) is 1. The number of amides is 1. The van der Waals surface area contributed by atoms with Crippen LogP contribution in [0.1, 0.15) is 40.7 Å². The first-order chi connectivity index (χ1) is 15.7. The van der Waals surface area contributed by atoms with Crippen LogP contribution in [0.3, 0.4) is 0 Å². The van der Waals surface area contributed by atoms with Gasteiger partial charge in [-0.2, -0.15) is 0 Å². The van der Waals surface area contributed by atoms with Crippen molar-refractivity contribution in [2.75, 3.05) is 13.2 Å². The fraction of sp³-hybridized carbons (Fsp3) is 0.417.